The van der Waals surface area contributed by atoms with Crippen LogP contribution in [-0.4, -0.2) is 14.5 Å². The highest BCUT2D eigenvalue weighted by molar-refractivity contribution is 6.12. The third-order valence-corrected chi connectivity index (χ3v) is 5.56. The Morgan fingerprint density at radius 2 is 1.52 bits per heavy atom. The first-order valence-corrected chi connectivity index (χ1v) is 9.81. The van der Waals surface area contributed by atoms with Crippen molar-refractivity contribution in [3.05, 3.63) is 90.0 Å². The monoisotopic (exact) mass is 378 g/mol. The first-order valence-electron chi connectivity index (χ1n) is 9.81. The number of aromatic nitrogens is 3. The summed E-state index contributed by atoms with van der Waals surface area (Å²) < 4.78 is 2.28. The number of benzene rings is 3. The molecule has 0 aliphatic rings. The summed E-state index contributed by atoms with van der Waals surface area (Å²) in [7, 11) is 0. The Kier molecular flexibility index (Phi) is 4.06. The van der Waals surface area contributed by atoms with E-state index in [0.717, 1.165) is 27.5 Å². The van der Waals surface area contributed by atoms with Gasteiger partial charge in [-0.15, -0.1) is 0 Å². The van der Waals surface area contributed by atoms with Crippen LogP contribution in [0.25, 0.3) is 33.3 Å². The van der Waals surface area contributed by atoms with Gasteiger partial charge in [-0.05, 0) is 25.5 Å². The number of nitrogen functional groups attached to an aromatic ring is 1. The molecule has 29 heavy (non-hydrogen) atoms. The SMILES string of the molecule is Cc1ccc([C@@H](C)n2c3ccccc3c3c(N)nc(-c4ccccc4)nc32)cc1. The van der Waals surface area contributed by atoms with Crippen LogP contribution in [0.15, 0.2) is 78.9 Å². The van der Waals surface area contributed by atoms with E-state index in [2.05, 4.69) is 65.9 Å². The molecule has 4 nitrogen and oxygen atoms in total. The fourth-order valence-corrected chi connectivity index (χ4v) is 4.01. The Morgan fingerprint density at radius 1 is 0.828 bits per heavy atom. The molecule has 0 amide bonds. The predicted octanol–water partition coefficient (Wildman–Crippen LogP) is 5.75. The first-order chi connectivity index (χ1) is 14.1. The highest BCUT2D eigenvalue weighted by Gasteiger charge is 2.21. The number of anilines is 1. The minimum atomic E-state index is 0.107. The standard InChI is InChI=1S/C25H22N4/c1-16-12-14-18(15-13-16)17(2)29-21-11-7-6-10-20(21)22-23(26)27-24(28-25(22)29)19-8-4-3-5-9-19/h3-15,17H,1-2H3,(H2,26,27,28)/t17-/m1/s1. The van der Waals surface area contributed by atoms with E-state index in [1.165, 1.54) is 11.1 Å². The highest BCUT2D eigenvalue weighted by atomic mass is 15.1. The average Bonchev–Trinajstić information content (AvgIpc) is 3.09. The summed E-state index contributed by atoms with van der Waals surface area (Å²) in [6, 6.07) is 27.1. The smallest absolute Gasteiger partial charge is 0.163 e. The molecule has 0 unspecified atom stereocenters. The minimum Gasteiger partial charge on any atom is -0.383 e. The Morgan fingerprint density at radius 3 is 2.28 bits per heavy atom. The molecule has 4 heteroatoms. The summed E-state index contributed by atoms with van der Waals surface area (Å²) >= 11 is 0. The van der Waals surface area contributed by atoms with Crippen molar-refractivity contribution in [1.29, 1.82) is 0 Å². The lowest BCUT2D eigenvalue weighted by Crippen LogP contribution is -2.08. The fraction of sp³-hybridized carbons (Fsp3) is 0.120. The van der Waals surface area contributed by atoms with Gasteiger partial charge in [-0.2, -0.15) is 0 Å². The molecule has 0 spiro atoms. The van der Waals surface area contributed by atoms with E-state index in [9.17, 15) is 0 Å². The van der Waals surface area contributed by atoms with E-state index in [4.69, 9.17) is 10.7 Å². The molecule has 1 atom stereocenters. The van der Waals surface area contributed by atoms with Crippen LogP contribution < -0.4 is 5.73 Å². The van der Waals surface area contributed by atoms with Crippen LogP contribution in [0.4, 0.5) is 5.82 Å². The number of fused-ring (bicyclic) bond motifs is 3. The third kappa shape index (κ3) is 2.85. The van der Waals surface area contributed by atoms with Crippen molar-refractivity contribution in [2.75, 3.05) is 5.73 Å². The largest absolute Gasteiger partial charge is 0.383 e. The molecule has 0 bridgehead atoms. The normalized spacial score (nSPS) is 12.5. The zero-order valence-electron chi connectivity index (χ0n) is 16.5. The van der Waals surface area contributed by atoms with Gasteiger partial charge in [-0.25, -0.2) is 9.97 Å². The van der Waals surface area contributed by atoms with Gasteiger partial charge in [-0.1, -0.05) is 78.4 Å². The second-order valence-corrected chi connectivity index (χ2v) is 7.47. The van der Waals surface area contributed by atoms with Crippen LogP contribution in [0.2, 0.25) is 0 Å². The highest BCUT2D eigenvalue weighted by Crippen LogP contribution is 2.36. The molecule has 0 aliphatic carbocycles. The van der Waals surface area contributed by atoms with Crippen molar-refractivity contribution >= 4 is 27.8 Å². The van der Waals surface area contributed by atoms with Gasteiger partial charge in [0.2, 0.25) is 0 Å². The summed E-state index contributed by atoms with van der Waals surface area (Å²) in [5, 5.41) is 2.00. The van der Waals surface area contributed by atoms with Crippen LogP contribution in [-0.2, 0) is 0 Å². The van der Waals surface area contributed by atoms with Crippen molar-refractivity contribution in [2.45, 2.75) is 19.9 Å². The van der Waals surface area contributed by atoms with Crippen LogP contribution in [0.1, 0.15) is 24.1 Å². The quantitative estimate of drug-likeness (QED) is 0.435. The number of aryl methyl sites for hydroxylation is 1. The molecule has 2 aromatic heterocycles. The van der Waals surface area contributed by atoms with Crippen molar-refractivity contribution in [2.24, 2.45) is 0 Å². The first kappa shape index (κ1) is 17.4. The molecule has 3 aromatic carbocycles. The number of rotatable bonds is 3. The average molecular weight is 378 g/mol. The van der Waals surface area contributed by atoms with Crippen molar-refractivity contribution in [3.63, 3.8) is 0 Å². The lowest BCUT2D eigenvalue weighted by molar-refractivity contribution is 0.679. The zero-order chi connectivity index (χ0) is 20.0. The van der Waals surface area contributed by atoms with Gasteiger partial charge in [0, 0.05) is 10.9 Å². The maximum absolute atomic E-state index is 6.47. The number of para-hydroxylation sites is 1. The number of hydrogen-bond acceptors (Lipinski definition) is 3. The second-order valence-electron chi connectivity index (χ2n) is 7.47. The van der Waals surface area contributed by atoms with Crippen molar-refractivity contribution in [3.8, 4) is 11.4 Å². The van der Waals surface area contributed by atoms with Crippen LogP contribution >= 0.6 is 0 Å². The predicted molar refractivity (Wildman–Crippen MR) is 120 cm³/mol. The molecule has 0 aliphatic heterocycles. The Balaban J connectivity index is 1.83. The zero-order valence-corrected chi connectivity index (χ0v) is 16.5. The molecule has 5 rings (SSSR count). The molecule has 0 saturated heterocycles. The van der Waals surface area contributed by atoms with Crippen LogP contribution in [0.5, 0.6) is 0 Å². The second kappa shape index (κ2) is 6.74. The van der Waals surface area contributed by atoms with Gasteiger partial charge in [0.1, 0.15) is 11.5 Å². The topological polar surface area (TPSA) is 56.7 Å². The van der Waals surface area contributed by atoms with Crippen molar-refractivity contribution < 1.29 is 0 Å². The maximum Gasteiger partial charge on any atom is 0.163 e. The lowest BCUT2D eigenvalue weighted by Gasteiger charge is -2.17. The van der Waals surface area contributed by atoms with Gasteiger partial charge >= 0.3 is 0 Å². The van der Waals surface area contributed by atoms with Crippen LogP contribution in [0, 0.1) is 6.92 Å². The maximum atomic E-state index is 6.47. The fourth-order valence-electron chi connectivity index (χ4n) is 4.01. The molecule has 0 radical (unpaired) electrons. The molecule has 0 saturated carbocycles. The van der Waals surface area contributed by atoms with Gasteiger partial charge in [0.05, 0.1) is 16.9 Å². The molecule has 2 N–H and O–H groups in total. The molecule has 0 fully saturated rings. The van der Waals surface area contributed by atoms with E-state index in [0.29, 0.717) is 11.6 Å². The third-order valence-electron chi connectivity index (χ3n) is 5.56. The number of nitrogens with two attached hydrogens (primary N) is 1. The molecule has 142 valence electrons. The van der Waals surface area contributed by atoms with E-state index in [1.807, 2.05) is 36.4 Å². The van der Waals surface area contributed by atoms with Gasteiger partial charge < -0.3 is 10.3 Å². The summed E-state index contributed by atoms with van der Waals surface area (Å²) in [5.41, 5.74) is 11.9. The van der Waals surface area contributed by atoms with Crippen LogP contribution in [0.3, 0.4) is 0 Å². The van der Waals surface area contributed by atoms with Gasteiger partial charge in [-0.3, -0.25) is 0 Å². The van der Waals surface area contributed by atoms with Gasteiger partial charge in [0.15, 0.2) is 5.82 Å². The van der Waals surface area contributed by atoms with Crippen molar-refractivity contribution in [1.82, 2.24) is 14.5 Å². The molecule has 5 aromatic rings. The van der Waals surface area contributed by atoms with E-state index < -0.39 is 0 Å². The van der Waals surface area contributed by atoms with E-state index in [1.54, 1.807) is 0 Å². The Hall–Kier alpha value is -3.66. The lowest BCUT2D eigenvalue weighted by atomic mass is 10.1. The van der Waals surface area contributed by atoms with E-state index in [-0.39, 0.29) is 6.04 Å². The molecular weight excluding hydrogens is 356 g/mol. The summed E-state index contributed by atoms with van der Waals surface area (Å²) in [4.78, 5) is 9.61. The van der Waals surface area contributed by atoms with Gasteiger partial charge in [0.25, 0.3) is 0 Å². The number of hydrogen-bond donors (Lipinski definition) is 1. The van der Waals surface area contributed by atoms with E-state index >= 15 is 0 Å². The molecular formula is C25H22N4. The minimum absolute atomic E-state index is 0.107. The Bertz CT molecular complexity index is 1320. The number of nitrogens with zero attached hydrogens (tertiary/aromatic N) is 3. The summed E-state index contributed by atoms with van der Waals surface area (Å²) in [6.45, 7) is 4.31. The summed E-state index contributed by atoms with van der Waals surface area (Å²) in [5.74, 6) is 1.16. The Labute approximate surface area is 169 Å². The molecule has 2 heterocycles. The summed E-state index contributed by atoms with van der Waals surface area (Å²) in [6.07, 6.45) is 0.